The molecule has 68 valence electrons. The van der Waals surface area contributed by atoms with E-state index in [2.05, 4.69) is 34.0 Å². The molecule has 5 nitrogen and oxygen atoms in total. The van der Waals surface area contributed by atoms with Crippen molar-refractivity contribution in [3.63, 3.8) is 0 Å². The van der Waals surface area contributed by atoms with Crippen LogP contribution in [0.25, 0.3) is 11.0 Å². The highest BCUT2D eigenvalue weighted by atomic mass is 15.1. The SMILES string of the molecule is CC(C)c1nc2c(N)nncc2[nH]1. The highest BCUT2D eigenvalue weighted by Gasteiger charge is 2.08. The Labute approximate surface area is 75.4 Å². The summed E-state index contributed by atoms with van der Waals surface area (Å²) in [6.45, 7) is 4.13. The zero-order chi connectivity index (χ0) is 9.42. The van der Waals surface area contributed by atoms with Gasteiger partial charge in [-0.15, -0.1) is 5.10 Å². The van der Waals surface area contributed by atoms with Crippen LogP contribution >= 0.6 is 0 Å². The van der Waals surface area contributed by atoms with E-state index >= 15 is 0 Å². The predicted octanol–water partition coefficient (Wildman–Crippen LogP) is 1.06. The van der Waals surface area contributed by atoms with Crippen LogP contribution in [0.4, 0.5) is 5.82 Å². The number of fused-ring (bicyclic) bond motifs is 1. The van der Waals surface area contributed by atoms with E-state index in [0.717, 1.165) is 11.3 Å². The van der Waals surface area contributed by atoms with Crippen LogP contribution in [-0.2, 0) is 0 Å². The lowest BCUT2D eigenvalue weighted by Crippen LogP contribution is -1.93. The maximum Gasteiger partial charge on any atom is 0.174 e. The van der Waals surface area contributed by atoms with Crippen molar-refractivity contribution in [3.05, 3.63) is 12.0 Å². The number of nitrogens with two attached hydrogens (primary N) is 1. The molecule has 0 saturated heterocycles. The van der Waals surface area contributed by atoms with Gasteiger partial charge in [0.2, 0.25) is 0 Å². The van der Waals surface area contributed by atoms with Crippen molar-refractivity contribution in [2.75, 3.05) is 5.73 Å². The summed E-state index contributed by atoms with van der Waals surface area (Å²) in [5.74, 6) is 1.64. The first kappa shape index (κ1) is 7.97. The lowest BCUT2D eigenvalue weighted by Gasteiger charge is -1.95. The van der Waals surface area contributed by atoms with Gasteiger partial charge in [-0.2, -0.15) is 5.10 Å². The minimum atomic E-state index is 0.354. The number of nitrogen functional groups attached to an aromatic ring is 1. The number of hydrogen-bond acceptors (Lipinski definition) is 4. The molecule has 13 heavy (non-hydrogen) atoms. The van der Waals surface area contributed by atoms with Crippen LogP contribution in [0, 0.1) is 0 Å². The van der Waals surface area contributed by atoms with Crippen LogP contribution in [0.2, 0.25) is 0 Å². The average molecular weight is 177 g/mol. The first-order valence-electron chi connectivity index (χ1n) is 4.15. The fourth-order valence-electron chi connectivity index (χ4n) is 1.16. The van der Waals surface area contributed by atoms with E-state index in [0.29, 0.717) is 17.3 Å². The van der Waals surface area contributed by atoms with Gasteiger partial charge in [-0.05, 0) is 0 Å². The third kappa shape index (κ3) is 1.22. The van der Waals surface area contributed by atoms with Crippen LogP contribution < -0.4 is 5.73 Å². The molecule has 0 bridgehead atoms. The molecule has 0 fully saturated rings. The largest absolute Gasteiger partial charge is 0.380 e. The molecule has 0 aromatic carbocycles. The van der Waals surface area contributed by atoms with E-state index in [1.165, 1.54) is 0 Å². The van der Waals surface area contributed by atoms with Crippen molar-refractivity contribution >= 4 is 16.9 Å². The summed E-state index contributed by atoms with van der Waals surface area (Å²) in [6, 6.07) is 0. The van der Waals surface area contributed by atoms with Gasteiger partial charge in [0.05, 0.1) is 11.7 Å². The van der Waals surface area contributed by atoms with Crippen molar-refractivity contribution in [2.45, 2.75) is 19.8 Å². The molecule has 5 heteroatoms. The third-order valence-electron chi connectivity index (χ3n) is 1.89. The van der Waals surface area contributed by atoms with E-state index in [4.69, 9.17) is 5.73 Å². The fourth-order valence-corrected chi connectivity index (χ4v) is 1.16. The molecule has 2 heterocycles. The second-order valence-electron chi connectivity index (χ2n) is 3.27. The van der Waals surface area contributed by atoms with Gasteiger partial charge in [0.1, 0.15) is 11.3 Å². The topological polar surface area (TPSA) is 80.5 Å². The van der Waals surface area contributed by atoms with Gasteiger partial charge in [-0.1, -0.05) is 13.8 Å². The molecule has 0 amide bonds. The van der Waals surface area contributed by atoms with E-state index in [1.807, 2.05) is 0 Å². The second kappa shape index (κ2) is 2.69. The molecule has 2 rings (SSSR count). The molecule has 0 aliphatic heterocycles. The van der Waals surface area contributed by atoms with Gasteiger partial charge < -0.3 is 10.7 Å². The normalized spacial score (nSPS) is 11.3. The second-order valence-corrected chi connectivity index (χ2v) is 3.27. The standard InChI is InChI=1S/C8H11N5/c1-4(2)8-11-5-3-10-13-7(9)6(5)12-8/h3-4H,1-2H3,(H2,9,13)(H,11,12). The quantitative estimate of drug-likeness (QED) is 0.682. The Morgan fingerprint density at radius 1 is 1.46 bits per heavy atom. The summed E-state index contributed by atoms with van der Waals surface area (Å²) in [5.41, 5.74) is 7.16. The van der Waals surface area contributed by atoms with E-state index < -0.39 is 0 Å². The minimum absolute atomic E-state index is 0.354. The highest BCUT2D eigenvalue weighted by molar-refractivity contribution is 5.83. The smallest absolute Gasteiger partial charge is 0.174 e. The molecule has 0 aliphatic rings. The molecule has 3 N–H and O–H groups in total. The molecule has 0 radical (unpaired) electrons. The summed E-state index contributed by atoms with van der Waals surface area (Å²) >= 11 is 0. The van der Waals surface area contributed by atoms with Gasteiger partial charge in [0, 0.05) is 5.92 Å². The summed E-state index contributed by atoms with van der Waals surface area (Å²) in [4.78, 5) is 7.47. The lowest BCUT2D eigenvalue weighted by atomic mass is 10.2. The number of anilines is 1. The Morgan fingerprint density at radius 3 is 2.85 bits per heavy atom. The number of H-pyrrole nitrogens is 1. The minimum Gasteiger partial charge on any atom is -0.380 e. The molecule has 0 atom stereocenters. The Balaban J connectivity index is 2.68. The Bertz CT molecular complexity index is 431. The number of rotatable bonds is 1. The average Bonchev–Trinajstić information content (AvgIpc) is 2.49. The van der Waals surface area contributed by atoms with Crippen LogP contribution in [0.3, 0.4) is 0 Å². The molecule has 2 aromatic heterocycles. The highest BCUT2D eigenvalue weighted by Crippen LogP contribution is 2.18. The van der Waals surface area contributed by atoms with Crippen molar-refractivity contribution in [2.24, 2.45) is 0 Å². The number of nitrogens with zero attached hydrogens (tertiary/aromatic N) is 3. The zero-order valence-electron chi connectivity index (χ0n) is 7.57. The molecule has 0 unspecified atom stereocenters. The van der Waals surface area contributed by atoms with Crippen LogP contribution in [0.15, 0.2) is 6.20 Å². The van der Waals surface area contributed by atoms with Crippen molar-refractivity contribution in [3.8, 4) is 0 Å². The first-order chi connectivity index (χ1) is 6.18. The van der Waals surface area contributed by atoms with Crippen molar-refractivity contribution in [1.82, 2.24) is 20.2 Å². The predicted molar refractivity (Wildman–Crippen MR) is 50.2 cm³/mol. The number of nitrogens with one attached hydrogen (secondary N) is 1. The Kier molecular flexibility index (Phi) is 1.65. The van der Waals surface area contributed by atoms with Gasteiger partial charge in [-0.25, -0.2) is 4.98 Å². The molecule has 2 aromatic rings. The lowest BCUT2D eigenvalue weighted by molar-refractivity contribution is 0.799. The zero-order valence-corrected chi connectivity index (χ0v) is 7.57. The number of imidazole rings is 1. The summed E-state index contributed by atoms with van der Waals surface area (Å²) in [6.07, 6.45) is 1.63. The molecule has 0 aliphatic carbocycles. The number of aromatic amines is 1. The van der Waals surface area contributed by atoms with E-state index in [-0.39, 0.29) is 0 Å². The number of hydrogen-bond donors (Lipinski definition) is 2. The van der Waals surface area contributed by atoms with Gasteiger partial charge in [0.25, 0.3) is 0 Å². The van der Waals surface area contributed by atoms with E-state index in [9.17, 15) is 0 Å². The maximum atomic E-state index is 5.61. The maximum absolute atomic E-state index is 5.61. The van der Waals surface area contributed by atoms with Crippen LogP contribution in [0.1, 0.15) is 25.6 Å². The summed E-state index contributed by atoms with van der Waals surface area (Å²) < 4.78 is 0. The Hall–Kier alpha value is -1.65. The molecular weight excluding hydrogens is 166 g/mol. The summed E-state index contributed by atoms with van der Waals surface area (Å²) in [5, 5.41) is 7.46. The third-order valence-corrected chi connectivity index (χ3v) is 1.89. The van der Waals surface area contributed by atoms with E-state index in [1.54, 1.807) is 6.20 Å². The monoisotopic (exact) mass is 177 g/mol. The fraction of sp³-hybridized carbons (Fsp3) is 0.375. The van der Waals surface area contributed by atoms with Gasteiger partial charge in [0.15, 0.2) is 5.82 Å². The first-order valence-corrected chi connectivity index (χ1v) is 4.15. The van der Waals surface area contributed by atoms with Crippen LogP contribution in [0.5, 0.6) is 0 Å². The van der Waals surface area contributed by atoms with Gasteiger partial charge >= 0.3 is 0 Å². The molecular formula is C8H11N5. The molecule has 0 spiro atoms. The number of aromatic nitrogens is 4. The van der Waals surface area contributed by atoms with Crippen molar-refractivity contribution < 1.29 is 0 Å². The summed E-state index contributed by atoms with van der Waals surface area (Å²) in [7, 11) is 0. The van der Waals surface area contributed by atoms with Crippen LogP contribution in [-0.4, -0.2) is 20.2 Å². The van der Waals surface area contributed by atoms with Crippen molar-refractivity contribution in [1.29, 1.82) is 0 Å². The van der Waals surface area contributed by atoms with Gasteiger partial charge in [-0.3, -0.25) is 0 Å². The Morgan fingerprint density at radius 2 is 2.23 bits per heavy atom. The molecule has 0 saturated carbocycles.